The van der Waals surface area contributed by atoms with Crippen molar-refractivity contribution < 1.29 is 137 Å². The highest BCUT2D eigenvalue weighted by Gasteiger charge is 3.00. The molecule has 0 rings (SSSR count). The molecule has 282 valence electrons. The van der Waals surface area contributed by atoms with E-state index in [-0.39, 0.29) is 0 Å². The monoisotopic (exact) mass is 778 g/mol. The lowest BCUT2D eigenvalue weighted by Crippen LogP contribution is -2.79. The van der Waals surface area contributed by atoms with Crippen molar-refractivity contribution in [1.82, 2.24) is 0 Å². The van der Waals surface area contributed by atoms with E-state index < -0.39 is 95.6 Å². The molecule has 0 heterocycles. The van der Waals surface area contributed by atoms with E-state index in [0.29, 0.717) is 0 Å². The molecule has 0 aromatic carbocycles. The molecule has 0 amide bonds. The van der Waals surface area contributed by atoms with E-state index in [1.54, 1.807) is 0 Å². The molecule has 2 nitrogen and oxygen atoms in total. The van der Waals surface area contributed by atoms with Gasteiger partial charge >= 0.3 is 89.1 Å². The third kappa shape index (κ3) is 5.41. The Morgan fingerprint density at radius 2 is 0.489 bits per heavy atom. The number of alkyl halides is 29. The van der Waals surface area contributed by atoms with Gasteiger partial charge in [0.1, 0.15) is 6.42 Å². The molecule has 0 saturated carbocycles. The number of carbonyl (C=O) groups is 1. The van der Waals surface area contributed by atoms with Gasteiger partial charge in [-0.1, -0.05) is 0 Å². The Labute approximate surface area is 234 Å². The van der Waals surface area contributed by atoms with Gasteiger partial charge in [-0.25, -0.2) is 4.79 Å². The number of carboxylic acids is 1. The summed E-state index contributed by atoms with van der Waals surface area (Å²) in [4.78, 5) is 9.93. The zero-order chi connectivity index (χ0) is 39.3. The van der Waals surface area contributed by atoms with Crippen LogP contribution in [0.2, 0.25) is 0 Å². The lowest BCUT2D eigenvalue weighted by Gasteiger charge is -2.46. The first-order valence-electron chi connectivity index (χ1n) is 9.87. The molecule has 0 bridgehead atoms. The summed E-state index contributed by atoms with van der Waals surface area (Å²) in [6.07, 6.45) is -11.7. The highest BCUT2D eigenvalue weighted by molar-refractivity contribution is 5.77. The third-order valence-electron chi connectivity index (χ3n) is 5.49. The molecule has 0 atom stereocenters. The minimum atomic E-state index is -9.96. The van der Waals surface area contributed by atoms with Gasteiger partial charge in [0.15, 0.2) is 0 Å². The standard InChI is InChI=1S/C16H3F29O2/c17-3(18,1-4(19,20)21)6(24,25)8(28,29)10(32,33)12(36,37)14(40,41)16(44,45)15(42,43)13(38,39)11(34,35)9(30,31)7(26,27)5(22,23)2(46)47/h1H2,(H,46,47). The first-order valence-corrected chi connectivity index (χ1v) is 9.87. The fraction of sp³-hybridized carbons (Fsp3) is 0.938. The second-order valence-electron chi connectivity index (χ2n) is 8.69. The van der Waals surface area contributed by atoms with Crippen LogP contribution in [0.25, 0.3) is 0 Å². The highest BCUT2D eigenvalue weighted by atomic mass is 19.4. The molecule has 0 radical (unpaired) electrons. The van der Waals surface area contributed by atoms with Crippen LogP contribution < -0.4 is 0 Å². The van der Waals surface area contributed by atoms with E-state index in [4.69, 9.17) is 5.11 Å². The van der Waals surface area contributed by atoms with Gasteiger partial charge in [-0.15, -0.1) is 0 Å². The fourth-order valence-electron chi connectivity index (χ4n) is 2.70. The summed E-state index contributed by atoms with van der Waals surface area (Å²) >= 11 is 0. The molecule has 0 unspecified atom stereocenters. The fourth-order valence-corrected chi connectivity index (χ4v) is 2.70. The Morgan fingerprint density at radius 3 is 0.660 bits per heavy atom. The first-order chi connectivity index (χ1) is 19.7. The molecule has 0 spiro atoms. The second kappa shape index (κ2) is 10.7. The maximum atomic E-state index is 13.7. The molecular weight excluding hydrogens is 775 g/mol. The zero-order valence-electron chi connectivity index (χ0n) is 20.0. The second-order valence-corrected chi connectivity index (χ2v) is 8.69. The molecule has 1 N–H and O–H groups in total. The summed E-state index contributed by atoms with van der Waals surface area (Å²) in [5.74, 6) is -125. The van der Waals surface area contributed by atoms with Crippen molar-refractivity contribution in [2.75, 3.05) is 0 Å². The molecule has 47 heavy (non-hydrogen) atoms. The predicted molar refractivity (Wildman–Crippen MR) is 82.6 cm³/mol. The van der Waals surface area contributed by atoms with Crippen molar-refractivity contribution in [3.63, 3.8) is 0 Å². The molecule has 31 heteroatoms. The minimum Gasteiger partial charge on any atom is -0.477 e. The van der Waals surface area contributed by atoms with Gasteiger partial charge in [0.25, 0.3) is 0 Å². The van der Waals surface area contributed by atoms with Gasteiger partial charge in [-0.05, 0) is 0 Å². The molecule has 0 aliphatic carbocycles. The molecule has 0 aromatic heterocycles. The topological polar surface area (TPSA) is 37.3 Å². The quantitative estimate of drug-likeness (QED) is 0.179. The number of carboxylic acid groups (broad SMARTS) is 1. The summed E-state index contributed by atoms with van der Waals surface area (Å²) < 4.78 is 385. The largest absolute Gasteiger partial charge is 0.477 e. The van der Waals surface area contributed by atoms with Crippen LogP contribution in [0.4, 0.5) is 127 Å². The number of hydrogen-bond donors (Lipinski definition) is 1. The zero-order valence-corrected chi connectivity index (χ0v) is 20.0. The van der Waals surface area contributed by atoms with Crippen LogP contribution in [0.15, 0.2) is 0 Å². The van der Waals surface area contributed by atoms with Crippen LogP contribution in [0.5, 0.6) is 0 Å². The third-order valence-corrected chi connectivity index (χ3v) is 5.49. The summed E-state index contributed by atoms with van der Waals surface area (Å²) in [5.41, 5.74) is 0. The molecule has 0 aliphatic rings. The van der Waals surface area contributed by atoms with Crippen LogP contribution in [0.1, 0.15) is 6.42 Å². The smallest absolute Gasteiger partial charge is 0.410 e. The van der Waals surface area contributed by atoms with Crippen molar-refractivity contribution in [3.05, 3.63) is 0 Å². The molecular formula is C16H3F29O2. The Balaban J connectivity index is 7.52. The van der Waals surface area contributed by atoms with Gasteiger partial charge in [-0.2, -0.15) is 127 Å². The summed E-state index contributed by atoms with van der Waals surface area (Å²) in [6, 6.07) is 0. The van der Waals surface area contributed by atoms with E-state index in [1.165, 1.54) is 0 Å². The van der Waals surface area contributed by atoms with Gasteiger partial charge in [0, 0.05) is 0 Å². The van der Waals surface area contributed by atoms with E-state index in [9.17, 15) is 132 Å². The normalized spacial score (nSPS) is 16.9. The number of aliphatic carboxylic acids is 1. The van der Waals surface area contributed by atoms with E-state index >= 15 is 0 Å². The molecule has 0 fully saturated rings. The van der Waals surface area contributed by atoms with E-state index in [1.807, 2.05) is 0 Å². The maximum Gasteiger partial charge on any atom is 0.410 e. The van der Waals surface area contributed by atoms with Crippen LogP contribution in [-0.2, 0) is 4.79 Å². The summed E-state index contributed by atoms with van der Waals surface area (Å²) in [6.45, 7) is 0. The Morgan fingerprint density at radius 1 is 0.319 bits per heavy atom. The Hall–Kier alpha value is -2.56. The van der Waals surface area contributed by atoms with E-state index in [0.717, 1.165) is 0 Å². The Kier molecular flexibility index (Phi) is 10.1. The minimum absolute atomic E-state index is 4.76. The van der Waals surface area contributed by atoms with Gasteiger partial charge in [0.2, 0.25) is 0 Å². The van der Waals surface area contributed by atoms with Crippen LogP contribution in [0.3, 0.4) is 0 Å². The SMILES string of the molecule is O=C(O)C(F)(F)C(F)(F)C(F)(F)C(F)(F)C(F)(F)C(F)(F)C(F)(F)C(F)(F)C(F)(F)C(F)(F)C(F)(F)C(F)(F)C(F)(F)CC(F)(F)F. The molecule has 0 aromatic rings. The van der Waals surface area contributed by atoms with Crippen LogP contribution in [-0.4, -0.2) is 94.2 Å². The van der Waals surface area contributed by atoms with Crippen molar-refractivity contribution in [1.29, 1.82) is 0 Å². The highest BCUT2D eigenvalue weighted by Crippen LogP contribution is 2.68. The predicted octanol–water partition coefficient (Wildman–Crippen LogP) is 9.28. The van der Waals surface area contributed by atoms with Crippen molar-refractivity contribution >= 4 is 5.97 Å². The summed E-state index contributed by atoms with van der Waals surface area (Å²) in [7, 11) is 0. The average molecular weight is 778 g/mol. The number of rotatable bonds is 14. The summed E-state index contributed by atoms with van der Waals surface area (Å²) in [5, 5.41) is 7.66. The van der Waals surface area contributed by atoms with Crippen molar-refractivity contribution in [2.45, 2.75) is 89.6 Å². The maximum absolute atomic E-state index is 13.7. The average Bonchev–Trinajstić information content (AvgIpc) is 2.80. The van der Waals surface area contributed by atoms with Gasteiger partial charge in [0.05, 0.1) is 0 Å². The van der Waals surface area contributed by atoms with Crippen LogP contribution in [0, 0.1) is 0 Å². The number of hydrogen-bond acceptors (Lipinski definition) is 1. The van der Waals surface area contributed by atoms with Crippen LogP contribution >= 0.6 is 0 Å². The van der Waals surface area contributed by atoms with Crippen molar-refractivity contribution in [3.8, 4) is 0 Å². The van der Waals surface area contributed by atoms with Crippen molar-refractivity contribution in [2.24, 2.45) is 0 Å². The first kappa shape index (κ1) is 44.4. The molecule has 0 saturated heterocycles. The Bertz CT molecular complexity index is 1170. The number of halogens is 29. The lowest BCUT2D eigenvalue weighted by atomic mass is 9.83. The molecule has 0 aliphatic heterocycles. The van der Waals surface area contributed by atoms with E-state index in [2.05, 4.69) is 0 Å². The van der Waals surface area contributed by atoms with Gasteiger partial charge < -0.3 is 5.11 Å². The lowest BCUT2D eigenvalue weighted by molar-refractivity contribution is -0.482. The van der Waals surface area contributed by atoms with Gasteiger partial charge in [-0.3, -0.25) is 0 Å².